The molecule has 0 spiro atoms. The molecule has 10 heteroatoms. The summed E-state index contributed by atoms with van der Waals surface area (Å²) in [6.07, 6.45) is 0.0359. The van der Waals surface area contributed by atoms with E-state index in [1.54, 1.807) is 42.5 Å². The summed E-state index contributed by atoms with van der Waals surface area (Å²) in [7, 11) is 0. The van der Waals surface area contributed by atoms with Gasteiger partial charge < -0.3 is 10.4 Å². The third-order valence-corrected chi connectivity index (χ3v) is 7.00. The number of carboxylic acids is 1. The fourth-order valence-corrected chi connectivity index (χ4v) is 4.78. The predicted molar refractivity (Wildman–Crippen MR) is 131 cm³/mol. The lowest BCUT2D eigenvalue weighted by molar-refractivity contribution is -0.121. The zero-order valence-electron chi connectivity index (χ0n) is 17.3. The summed E-state index contributed by atoms with van der Waals surface area (Å²) in [5.41, 5.74) is 0.780. The number of carboxylic acid groups (broad SMARTS) is 1. The second kappa shape index (κ2) is 9.89. The van der Waals surface area contributed by atoms with Crippen LogP contribution in [0, 0.1) is 0 Å². The van der Waals surface area contributed by atoms with E-state index in [1.165, 1.54) is 36.0 Å². The number of hydrogen-bond donors (Lipinski definition) is 2. The number of benzene rings is 3. The van der Waals surface area contributed by atoms with E-state index in [4.69, 9.17) is 23.2 Å². The van der Waals surface area contributed by atoms with E-state index in [-0.39, 0.29) is 34.4 Å². The molecule has 172 valence electrons. The summed E-state index contributed by atoms with van der Waals surface area (Å²) in [6, 6.07) is 17.2. The molecular weight excluding hydrogens is 499 g/mol. The van der Waals surface area contributed by atoms with Crippen LogP contribution in [0.3, 0.4) is 0 Å². The summed E-state index contributed by atoms with van der Waals surface area (Å²) >= 11 is 13.2. The van der Waals surface area contributed by atoms with Crippen LogP contribution in [0.2, 0.25) is 10.0 Å². The molecule has 1 aliphatic heterocycles. The Balaban J connectivity index is 1.43. The molecule has 1 aliphatic rings. The van der Waals surface area contributed by atoms with Crippen molar-refractivity contribution in [1.82, 2.24) is 0 Å². The van der Waals surface area contributed by atoms with Gasteiger partial charge in [0.05, 0.1) is 32.1 Å². The molecule has 3 aromatic rings. The van der Waals surface area contributed by atoms with Gasteiger partial charge in [0.2, 0.25) is 11.8 Å². The number of aromatic carboxylic acids is 1. The van der Waals surface area contributed by atoms with Gasteiger partial charge in [-0.1, -0.05) is 35.3 Å². The minimum Gasteiger partial charge on any atom is -0.478 e. The number of thioether (sulfide) groups is 1. The standard InChI is InChI=1S/C24H16Cl2N2O5S/c25-18-10-7-14(11-19(18)26)28-21(29)12-20(23(28)31)34-15-8-5-13(6-9-15)27-22(30)16-3-1-2-4-17(16)24(32)33/h1-11,20H,12H2,(H,27,30)(H,32,33)/t20-/m0/s1. The Morgan fingerprint density at radius 2 is 1.62 bits per heavy atom. The number of anilines is 2. The normalized spacial score (nSPS) is 15.5. The van der Waals surface area contributed by atoms with E-state index in [1.807, 2.05) is 0 Å². The number of halogens is 2. The highest BCUT2D eigenvalue weighted by atomic mass is 35.5. The van der Waals surface area contributed by atoms with Gasteiger partial charge in [-0.15, -0.1) is 11.8 Å². The average molecular weight is 515 g/mol. The van der Waals surface area contributed by atoms with Gasteiger partial charge in [0.1, 0.15) is 0 Å². The van der Waals surface area contributed by atoms with Crippen LogP contribution >= 0.6 is 35.0 Å². The highest BCUT2D eigenvalue weighted by molar-refractivity contribution is 8.00. The largest absolute Gasteiger partial charge is 0.478 e. The number of nitrogens with one attached hydrogen (secondary N) is 1. The first-order valence-electron chi connectivity index (χ1n) is 9.97. The fraction of sp³-hybridized carbons (Fsp3) is 0.0833. The highest BCUT2D eigenvalue weighted by Gasteiger charge is 2.40. The second-order valence-electron chi connectivity index (χ2n) is 7.31. The fourth-order valence-electron chi connectivity index (χ4n) is 3.44. The van der Waals surface area contributed by atoms with Gasteiger partial charge in [0.25, 0.3) is 5.91 Å². The Labute approximate surface area is 208 Å². The Hall–Kier alpha value is -3.33. The lowest BCUT2D eigenvalue weighted by atomic mass is 10.1. The van der Waals surface area contributed by atoms with E-state index >= 15 is 0 Å². The number of hydrogen-bond acceptors (Lipinski definition) is 5. The van der Waals surface area contributed by atoms with Crippen molar-refractivity contribution in [3.63, 3.8) is 0 Å². The van der Waals surface area contributed by atoms with E-state index < -0.39 is 17.1 Å². The molecule has 1 fully saturated rings. The maximum atomic E-state index is 12.9. The molecule has 0 saturated carbocycles. The lowest BCUT2D eigenvalue weighted by Crippen LogP contribution is -2.31. The molecule has 0 radical (unpaired) electrons. The first-order valence-corrected chi connectivity index (χ1v) is 11.6. The lowest BCUT2D eigenvalue weighted by Gasteiger charge is -2.15. The van der Waals surface area contributed by atoms with Crippen molar-refractivity contribution >= 4 is 70.0 Å². The van der Waals surface area contributed by atoms with Crippen LogP contribution in [0.1, 0.15) is 27.1 Å². The van der Waals surface area contributed by atoms with Crippen LogP contribution in [0.25, 0.3) is 0 Å². The van der Waals surface area contributed by atoms with Crippen molar-refractivity contribution in [3.05, 3.63) is 87.9 Å². The second-order valence-corrected chi connectivity index (χ2v) is 9.40. The maximum Gasteiger partial charge on any atom is 0.336 e. The quantitative estimate of drug-likeness (QED) is 0.428. The molecule has 2 N–H and O–H groups in total. The maximum absolute atomic E-state index is 12.9. The van der Waals surface area contributed by atoms with Crippen molar-refractivity contribution in [2.24, 2.45) is 0 Å². The summed E-state index contributed by atoms with van der Waals surface area (Å²) < 4.78 is 0. The molecule has 7 nitrogen and oxygen atoms in total. The molecule has 1 atom stereocenters. The third kappa shape index (κ3) is 4.94. The number of carbonyl (C=O) groups excluding carboxylic acids is 3. The summed E-state index contributed by atoms with van der Waals surface area (Å²) in [6.45, 7) is 0. The van der Waals surface area contributed by atoms with Gasteiger partial charge in [-0.2, -0.15) is 0 Å². The minimum atomic E-state index is -1.19. The number of amides is 3. The van der Waals surface area contributed by atoms with Crippen molar-refractivity contribution in [2.45, 2.75) is 16.6 Å². The van der Waals surface area contributed by atoms with Crippen molar-refractivity contribution in [3.8, 4) is 0 Å². The average Bonchev–Trinajstić information content (AvgIpc) is 3.09. The van der Waals surface area contributed by atoms with Crippen molar-refractivity contribution < 1.29 is 24.3 Å². The van der Waals surface area contributed by atoms with Gasteiger partial charge in [0, 0.05) is 17.0 Å². The summed E-state index contributed by atoms with van der Waals surface area (Å²) in [4.78, 5) is 51.0. The minimum absolute atomic E-state index is 0.0359. The molecule has 0 unspecified atom stereocenters. The van der Waals surface area contributed by atoms with Gasteiger partial charge in [-0.05, 0) is 54.6 Å². The molecule has 4 rings (SSSR count). The van der Waals surface area contributed by atoms with Crippen molar-refractivity contribution in [1.29, 1.82) is 0 Å². The van der Waals surface area contributed by atoms with Crippen LogP contribution in [0.15, 0.2) is 71.6 Å². The van der Waals surface area contributed by atoms with E-state index in [0.29, 0.717) is 16.4 Å². The van der Waals surface area contributed by atoms with Gasteiger partial charge in [0.15, 0.2) is 0 Å². The van der Waals surface area contributed by atoms with Crippen LogP contribution < -0.4 is 10.2 Å². The van der Waals surface area contributed by atoms with Crippen LogP contribution in [-0.2, 0) is 9.59 Å². The Morgan fingerprint density at radius 3 is 2.26 bits per heavy atom. The van der Waals surface area contributed by atoms with Crippen molar-refractivity contribution in [2.75, 3.05) is 10.2 Å². The van der Waals surface area contributed by atoms with Crippen LogP contribution in [0.5, 0.6) is 0 Å². The molecule has 3 aromatic carbocycles. The molecule has 1 heterocycles. The number of rotatable bonds is 6. The SMILES string of the molecule is O=C(O)c1ccccc1C(=O)Nc1ccc(S[C@H]2CC(=O)N(c3ccc(Cl)c(Cl)c3)C2=O)cc1. The predicted octanol–water partition coefficient (Wildman–Crippen LogP) is 5.37. The number of carbonyl (C=O) groups is 4. The third-order valence-electron chi connectivity index (χ3n) is 5.06. The van der Waals surface area contributed by atoms with Gasteiger partial charge >= 0.3 is 5.97 Å². The van der Waals surface area contributed by atoms with Gasteiger partial charge in [-0.25, -0.2) is 9.69 Å². The van der Waals surface area contributed by atoms with Gasteiger partial charge in [-0.3, -0.25) is 14.4 Å². The molecule has 0 bridgehead atoms. The summed E-state index contributed by atoms with van der Waals surface area (Å²) in [5, 5.41) is 11.9. The molecule has 0 aliphatic carbocycles. The Kier molecular flexibility index (Phi) is 6.92. The molecule has 3 amide bonds. The smallest absolute Gasteiger partial charge is 0.336 e. The van der Waals surface area contributed by atoms with E-state index in [0.717, 1.165) is 9.80 Å². The molecular formula is C24H16Cl2N2O5S. The van der Waals surface area contributed by atoms with Crippen LogP contribution in [0.4, 0.5) is 11.4 Å². The monoisotopic (exact) mass is 514 g/mol. The topological polar surface area (TPSA) is 104 Å². The number of nitrogens with zero attached hydrogens (tertiary/aromatic N) is 1. The first-order chi connectivity index (χ1) is 16.2. The summed E-state index contributed by atoms with van der Waals surface area (Å²) in [5.74, 6) is -2.42. The highest BCUT2D eigenvalue weighted by Crippen LogP contribution is 2.36. The van der Waals surface area contributed by atoms with E-state index in [2.05, 4.69) is 5.32 Å². The van der Waals surface area contributed by atoms with E-state index in [9.17, 15) is 24.3 Å². The zero-order valence-corrected chi connectivity index (χ0v) is 19.7. The van der Waals surface area contributed by atoms with Crippen LogP contribution in [-0.4, -0.2) is 34.0 Å². The Bertz CT molecular complexity index is 1310. The Morgan fingerprint density at radius 1 is 0.941 bits per heavy atom. The molecule has 1 saturated heterocycles. The molecule has 34 heavy (non-hydrogen) atoms. The zero-order chi connectivity index (χ0) is 24.4. The number of imide groups is 1. The molecule has 0 aromatic heterocycles. The first kappa shape index (κ1) is 23.8.